The van der Waals surface area contributed by atoms with Crippen LogP contribution in [0, 0.1) is 5.82 Å². The summed E-state index contributed by atoms with van der Waals surface area (Å²) in [6, 6.07) is 14.2. The minimum Gasteiger partial charge on any atom is -0.488 e. The van der Waals surface area contributed by atoms with Crippen molar-refractivity contribution in [2.45, 2.75) is 6.61 Å². The molecule has 0 atom stereocenters. The van der Waals surface area contributed by atoms with Crippen molar-refractivity contribution in [1.29, 1.82) is 0 Å². The van der Waals surface area contributed by atoms with Gasteiger partial charge in [0, 0.05) is 18.0 Å². The zero-order chi connectivity index (χ0) is 16.9. The SMILES string of the molecule is O=C(O)c1ccc(-c2cc(F)ccc2OCc2ccncc2)cc1. The minimum absolute atomic E-state index is 0.175. The van der Waals surface area contributed by atoms with E-state index in [4.69, 9.17) is 9.84 Å². The Morgan fingerprint density at radius 2 is 1.75 bits per heavy atom. The van der Waals surface area contributed by atoms with E-state index < -0.39 is 5.97 Å². The van der Waals surface area contributed by atoms with Gasteiger partial charge in [0.25, 0.3) is 0 Å². The molecule has 0 saturated heterocycles. The molecule has 0 amide bonds. The smallest absolute Gasteiger partial charge is 0.335 e. The number of rotatable bonds is 5. The summed E-state index contributed by atoms with van der Waals surface area (Å²) in [5, 5.41) is 8.97. The van der Waals surface area contributed by atoms with Gasteiger partial charge in [-0.3, -0.25) is 4.98 Å². The molecule has 4 nitrogen and oxygen atoms in total. The third kappa shape index (κ3) is 3.57. The van der Waals surface area contributed by atoms with Gasteiger partial charge in [0.05, 0.1) is 5.56 Å². The van der Waals surface area contributed by atoms with E-state index in [1.165, 1.54) is 24.3 Å². The molecule has 2 aromatic carbocycles. The fourth-order valence-electron chi connectivity index (χ4n) is 2.29. The van der Waals surface area contributed by atoms with E-state index in [1.807, 2.05) is 12.1 Å². The number of pyridine rings is 1. The monoisotopic (exact) mass is 323 g/mol. The molecule has 1 heterocycles. The van der Waals surface area contributed by atoms with Crippen LogP contribution in [0.15, 0.2) is 67.0 Å². The van der Waals surface area contributed by atoms with Gasteiger partial charge < -0.3 is 9.84 Å². The minimum atomic E-state index is -1.00. The van der Waals surface area contributed by atoms with Crippen molar-refractivity contribution >= 4 is 5.97 Å². The van der Waals surface area contributed by atoms with Gasteiger partial charge in [0.1, 0.15) is 18.2 Å². The van der Waals surface area contributed by atoms with Gasteiger partial charge in [-0.15, -0.1) is 0 Å². The van der Waals surface area contributed by atoms with Crippen molar-refractivity contribution in [3.05, 3.63) is 83.9 Å². The Kier molecular flexibility index (Phi) is 4.52. The molecule has 0 unspecified atom stereocenters. The number of carboxylic acid groups (broad SMARTS) is 1. The highest BCUT2D eigenvalue weighted by atomic mass is 19.1. The molecule has 0 aliphatic carbocycles. The number of nitrogens with zero attached hydrogens (tertiary/aromatic N) is 1. The quantitative estimate of drug-likeness (QED) is 0.766. The zero-order valence-corrected chi connectivity index (χ0v) is 12.6. The Bertz CT molecular complexity index is 848. The Morgan fingerprint density at radius 3 is 2.42 bits per heavy atom. The summed E-state index contributed by atoms with van der Waals surface area (Å²) >= 11 is 0. The van der Waals surface area contributed by atoms with Crippen LogP contribution in [0.25, 0.3) is 11.1 Å². The topological polar surface area (TPSA) is 59.4 Å². The summed E-state index contributed by atoms with van der Waals surface area (Å²) in [5.74, 6) is -0.866. The first kappa shape index (κ1) is 15.7. The number of benzene rings is 2. The summed E-state index contributed by atoms with van der Waals surface area (Å²) in [6.45, 7) is 0.328. The lowest BCUT2D eigenvalue weighted by Crippen LogP contribution is -1.98. The summed E-state index contributed by atoms with van der Waals surface area (Å²) in [4.78, 5) is 14.9. The van der Waals surface area contributed by atoms with Crippen LogP contribution in [0.3, 0.4) is 0 Å². The highest BCUT2D eigenvalue weighted by Gasteiger charge is 2.10. The third-order valence-corrected chi connectivity index (χ3v) is 3.53. The van der Waals surface area contributed by atoms with Crippen LogP contribution in [0.4, 0.5) is 4.39 Å². The number of ether oxygens (including phenoxy) is 1. The number of carbonyl (C=O) groups is 1. The zero-order valence-electron chi connectivity index (χ0n) is 12.6. The van der Waals surface area contributed by atoms with Crippen molar-refractivity contribution < 1.29 is 19.0 Å². The molecule has 1 N–H and O–H groups in total. The number of halogens is 1. The van der Waals surface area contributed by atoms with Gasteiger partial charge in [0.2, 0.25) is 0 Å². The summed E-state index contributed by atoms with van der Waals surface area (Å²) in [5.41, 5.74) is 2.38. The largest absolute Gasteiger partial charge is 0.488 e. The Labute approximate surface area is 138 Å². The second-order valence-corrected chi connectivity index (χ2v) is 5.17. The van der Waals surface area contributed by atoms with Crippen molar-refractivity contribution in [2.24, 2.45) is 0 Å². The molecule has 5 heteroatoms. The van der Waals surface area contributed by atoms with E-state index in [2.05, 4.69) is 4.98 Å². The van der Waals surface area contributed by atoms with Gasteiger partial charge in [-0.25, -0.2) is 9.18 Å². The van der Waals surface area contributed by atoms with Crippen LogP contribution >= 0.6 is 0 Å². The molecule has 3 aromatic rings. The highest BCUT2D eigenvalue weighted by Crippen LogP contribution is 2.31. The van der Waals surface area contributed by atoms with E-state index in [-0.39, 0.29) is 11.4 Å². The first-order chi connectivity index (χ1) is 11.6. The first-order valence-corrected chi connectivity index (χ1v) is 7.28. The predicted molar refractivity (Wildman–Crippen MR) is 87.4 cm³/mol. The maximum absolute atomic E-state index is 13.6. The molecule has 0 aliphatic heterocycles. The van der Waals surface area contributed by atoms with Crippen molar-refractivity contribution in [3.8, 4) is 16.9 Å². The standard InChI is InChI=1S/C19H14FNO3/c20-16-5-6-18(24-12-13-7-9-21-10-8-13)17(11-16)14-1-3-15(4-2-14)19(22)23/h1-11H,12H2,(H,22,23). The number of hydrogen-bond donors (Lipinski definition) is 1. The van der Waals surface area contributed by atoms with Crippen LogP contribution in [0.1, 0.15) is 15.9 Å². The van der Waals surface area contributed by atoms with E-state index in [0.717, 1.165) is 5.56 Å². The van der Waals surface area contributed by atoms with Crippen LogP contribution < -0.4 is 4.74 Å². The van der Waals surface area contributed by atoms with Gasteiger partial charge >= 0.3 is 5.97 Å². The van der Waals surface area contributed by atoms with Gasteiger partial charge in [-0.2, -0.15) is 0 Å². The van der Waals surface area contributed by atoms with E-state index >= 15 is 0 Å². The molecule has 0 radical (unpaired) electrons. The summed E-state index contributed by atoms with van der Waals surface area (Å²) < 4.78 is 19.4. The van der Waals surface area contributed by atoms with Crippen LogP contribution in [-0.2, 0) is 6.61 Å². The van der Waals surface area contributed by atoms with Gasteiger partial charge in [-0.05, 0) is 53.6 Å². The Balaban J connectivity index is 1.89. The molecule has 3 rings (SSSR count). The molecular formula is C19H14FNO3. The van der Waals surface area contributed by atoms with Crippen LogP contribution in [0.2, 0.25) is 0 Å². The van der Waals surface area contributed by atoms with Crippen molar-refractivity contribution in [1.82, 2.24) is 4.98 Å². The fraction of sp³-hybridized carbons (Fsp3) is 0.0526. The molecule has 0 bridgehead atoms. The predicted octanol–water partition coefficient (Wildman–Crippen LogP) is 4.16. The Morgan fingerprint density at radius 1 is 1.04 bits per heavy atom. The fourth-order valence-corrected chi connectivity index (χ4v) is 2.29. The maximum Gasteiger partial charge on any atom is 0.335 e. The molecule has 0 spiro atoms. The maximum atomic E-state index is 13.6. The van der Waals surface area contributed by atoms with Crippen molar-refractivity contribution in [2.75, 3.05) is 0 Å². The van der Waals surface area contributed by atoms with Gasteiger partial charge in [0.15, 0.2) is 0 Å². The lowest BCUT2D eigenvalue weighted by atomic mass is 10.0. The third-order valence-electron chi connectivity index (χ3n) is 3.53. The van der Waals surface area contributed by atoms with Gasteiger partial charge in [-0.1, -0.05) is 12.1 Å². The number of aromatic carboxylic acids is 1. The van der Waals surface area contributed by atoms with Crippen LogP contribution in [-0.4, -0.2) is 16.1 Å². The highest BCUT2D eigenvalue weighted by molar-refractivity contribution is 5.88. The van der Waals surface area contributed by atoms with E-state index in [0.29, 0.717) is 23.5 Å². The molecule has 24 heavy (non-hydrogen) atoms. The summed E-state index contributed by atoms with van der Waals surface area (Å²) in [7, 11) is 0. The first-order valence-electron chi connectivity index (χ1n) is 7.28. The molecule has 120 valence electrons. The molecule has 0 saturated carbocycles. The molecule has 0 aliphatic rings. The number of carboxylic acids is 1. The summed E-state index contributed by atoms with van der Waals surface area (Å²) in [6.07, 6.45) is 3.35. The second-order valence-electron chi connectivity index (χ2n) is 5.17. The average molecular weight is 323 g/mol. The van der Waals surface area contributed by atoms with Crippen molar-refractivity contribution in [3.63, 3.8) is 0 Å². The normalized spacial score (nSPS) is 10.4. The Hall–Kier alpha value is -3.21. The lowest BCUT2D eigenvalue weighted by Gasteiger charge is -2.12. The molecular weight excluding hydrogens is 309 g/mol. The number of aromatic nitrogens is 1. The molecule has 1 aromatic heterocycles. The van der Waals surface area contributed by atoms with E-state index in [1.54, 1.807) is 30.6 Å². The second kappa shape index (κ2) is 6.91. The van der Waals surface area contributed by atoms with E-state index in [9.17, 15) is 9.18 Å². The number of hydrogen-bond acceptors (Lipinski definition) is 3. The molecule has 0 fully saturated rings. The van der Waals surface area contributed by atoms with Crippen LogP contribution in [0.5, 0.6) is 5.75 Å². The average Bonchev–Trinajstić information content (AvgIpc) is 2.61. The lowest BCUT2D eigenvalue weighted by molar-refractivity contribution is 0.0697.